The predicted molar refractivity (Wildman–Crippen MR) is 59.1 cm³/mol. The summed E-state index contributed by atoms with van der Waals surface area (Å²) in [6.07, 6.45) is 1.49. The molecule has 0 saturated heterocycles. The lowest BCUT2D eigenvalue weighted by Crippen LogP contribution is -2.01. The Balaban J connectivity index is 3.04. The molecule has 4 heteroatoms. The van der Waals surface area contributed by atoms with E-state index in [1.165, 1.54) is 20.1 Å². The zero-order valence-corrected chi connectivity index (χ0v) is 9.06. The number of methoxy groups -OCH3 is 1. The van der Waals surface area contributed by atoms with Crippen LogP contribution in [0.3, 0.4) is 0 Å². The van der Waals surface area contributed by atoms with Gasteiger partial charge in [0.2, 0.25) is 0 Å². The van der Waals surface area contributed by atoms with Gasteiger partial charge in [-0.15, -0.1) is 0 Å². The first-order valence-corrected chi connectivity index (χ1v) is 4.64. The fourth-order valence-electron chi connectivity index (χ4n) is 1.19. The minimum Gasteiger partial charge on any atom is -0.478 e. The molecule has 84 valence electrons. The molecule has 0 fully saturated rings. The second kappa shape index (κ2) is 5.11. The van der Waals surface area contributed by atoms with E-state index in [1.807, 2.05) is 0 Å². The van der Waals surface area contributed by atoms with Gasteiger partial charge in [0.15, 0.2) is 0 Å². The molecule has 0 aromatic heterocycles. The summed E-state index contributed by atoms with van der Waals surface area (Å²) >= 11 is 0. The van der Waals surface area contributed by atoms with Gasteiger partial charge in [-0.2, -0.15) is 0 Å². The summed E-state index contributed by atoms with van der Waals surface area (Å²) in [7, 11) is 1.30. The summed E-state index contributed by atoms with van der Waals surface area (Å²) < 4.78 is 4.57. The van der Waals surface area contributed by atoms with Gasteiger partial charge in [-0.05, 0) is 30.7 Å². The second-order valence-corrected chi connectivity index (χ2v) is 3.25. The predicted octanol–water partition coefficient (Wildman–Crippen LogP) is 1.96. The Morgan fingerprint density at radius 3 is 2.62 bits per heavy atom. The minimum atomic E-state index is -0.983. The highest BCUT2D eigenvalue weighted by Gasteiger charge is 2.05. The van der Waals surface area contributed by atoms with Crippen LogP contribution < -0.4 is 0 Å². The first-order chi connectivity index (χ1) is 7.54. The molecular formula is C12H12O4. The van der Waals surface area contributed by atoms with Gasteiger partial charge in [-0.1, -0.05) is 12.1 Å². The number of hydrogen-bond donors (Lipinski definition) is 1. The van der Waals surface area contributed by atoms with Crippen molar-refractivity contribution >= 4 is 18.0 Å². The number of carbonyl (C=O) groups excluding carboxylic acids is 1. The number of ether oxygens (including phenoxy) is 1. The first kappa shape index (κ1) is 12.0. The third-order valence-electron chi connectivity index (χ3n) is 2.03. The van der Waals surface area contributed by atoms with Crippen LogP contribution in [0.4, 0.5) is 0 Å². The number of carboxylic acids is 1. The highest BCUT2D eigenvalue weighted by atomic mass is 16.5. The zero-order chi connectivity index (χ0) is 12.1. The standard InChI is InChI=1S/C12H12O4/c1-8(11(13)14)6-9-4-3-5-10(7-9)12(15)16-2/h3-7H,1-2H3,(H,13,14)/b8-6+. The average Bonchev–Trinajstić information content (AvgIpc) is 2.28. The molecule has 0 aliphatic carbocycles. The van der Waals surface area contributed by atoms with Crippen molar-refractivity contribution in [3.63, 3.8) is 0 Å². The number of hydrogen-bond acceptors (Lipinski definition) is 3. The Morgan fingerprint density at radius 1 is 1.38 bits per heavy atom. The molecular weight excluding hydrogens is 208 g/mol. The molecule has 0 amide bonds. The van der Waals surface area contributed by atoms with Crippen LogP contribution in [0.15, 0.2) is 29.8 Å². The van der Waals surface area contributed by atoms with Gasteiger partial charge in [0.05, 0.1) is 12.7 Å². The van der Waals surface area contributed by atoms with Crippen molar-refractivity contribution in [2.24, 2.45) is 0 Å². The minimum absolute atomic E-state index is 0.210. The molecule has 16 heavy (non-hydrogen) atoms. The molecule has 0 atom stereocenters. The normalized spacial score (nSPS) is 11.0. The summed E-state index contributed by atoms with van der Waals surface area (Å²) in [6, 6.07) is 6.59. The maximum absolute atomic E-state index is 11.2. The van der Waals surface area contributed by atoms with E-state index >= 15 is 0 Å². The number of esters is 1. The Morgan fingerprint density at radius 2 is 2.06 bits per heavy atom. The number of carbonyl (C=O) groups is 2. The number of carboxylic acid groups (broad SMARTS) is 1. The topological polar surface area (TPSA) is 63.6 Å². The molecule has 0 aliphatic heterocycles. The first-order valence-electron chi connectivity index (χ1n) is 4.64. The lowest BCUT2D eigenvalue weighted by molar-refractivity contribution is -0.132. The van der Waals surface area contributed by atoms with E-state index in [9.17, 15) is 9.59 Å². The molecule has 0 aliphatic rings. The van der Waals surface area contributed by atoms with Crippen LogP contribution in [0.5, 0.6) is 0 Å². The third kappa shape index (κ3) is 2.95. The molecule has 0 unspecified atom stereocenters. The van der Waals surface area contributed by atoms with Gasteiger partial charge in [-0.3, -0.25) is 0 Å². The summed E-state index contributed by atoms with van der Waals surface area (Å²) in [6.45, 7) is 1.49. The van der Waals surface area contributed by atoms with Crippen LogP contribution in [0.1, 0.15) is 22.8 Å². The maximum Gasteiger partial charge on any atom is 0.337 e. The van der Waals surface area contributed by atoms with E-state index in [0.29, 0.717) is 11.1 Å². The highest BCUT2D eigenvalue weighted by Crippen LogP contribution is 2.10. The summed E-state index contributed by atoms with van der Waals surface area (Å²) in [5.74, 6) is -1.42. The van der Waals surface area contributed by atoms with Crippen molar-refractivity contribution in [3.8, 4) is 0 Å². The molecule has 0 radical (unpaired) electrons. The molecule has 1 aromatic carbocycles. The van der Waals surface area contributed by atoms with Gasteiger partial charge in [0.25, 0.3) is 0 Å². The van der Waals surface area contributed by atoms with Crippen LogP contribution in [0, 0.1) is 0 Å². The molecule has 4 nitrogen and oxygen atoms in total. The van der Waals surface area contributed by atoms with Crippen molar-refractivity contribution in [1.29, 1.82) is 0 Å². The van der Waals surface area contributed by atoms with Gasteiger partial charge in [0.1, 0.15) is 0 Å². The Hall–Kier alpha value is -2.10. The van der Waals surface area contributed by atoms with Crippen molar-refractivity contribution in [3.05, 3.63) is 41.0 Å². The van der Waals surface area contributed by atoms with Crippen LogP contribution >= 0.6 is 0 Å². The van der Waals surface area contributed by atoms with Crippen LogP contribution in [0.25, 0.3) is 6.08 Å². The molecule has 0 saturated carbocycles. The van der Waals surface area contributed by atoms with E-state index in [-0.39, 0.29) is 5.57 Å². The molecule has 0 bridgehead atoms. The van der Waals surface area contributed by atoms with E-state index < -0.39 is 11.9 Å². The number of rotatable bonds is 3. The highest BCUT2D eigenvalue weighted by molar-refractivity contribution is 5.93. The van der Waals surface area contributed by atoms with Crippen molar-refractivity contribution < 1.29 is 19.4 Å². The largest absolute Gasteiger partial charge is 0.478 e. The van der Waals surface area contributed by atoms with E-state index in [4.69, 9.17) is 5.11 Å². The Bertz CT molecular complexity index is 446. The fraction of sp³-hybridized carbons (Fsp3) is 0.167. The summed E-state index contributed by atoms with van der Waals surface area (Å²) in [4.78, 5) is 21.8. The van der Waals surface area contributed by atoms with E-state index in [2.05, 4.69) is 4.74 Å². The maximum atomic E-state index is 11.2. The molecule has 0 spiro atoms. The van der Waals surface area contributed by atoms with Gasteiger partial charge >= 0.3 is 11.9 Å². The van der Waals surface area contributed by atoms with Crippen molar-refractivity contribution in [1.82, 2.24) is 0 Å². The number of benzene rings is 1. The SMILES string of the molecule is COC(=O)c1cccc(/C=C(\C)C(=O)O)c1. The second-order valence-electron chi connectivity index (χ2n) is 3.25. The lowest BCUT2D eigenvalue weighted by Gasteiger charge is -2.00. The van der Waals surface area contributed by atoms with Crippen LogP contribution in [0.2, 0.25) is 0 Å². The zero-order valence-electron chi connectivity index (χ0n) is 9.06. The van der Waals surface area contributed by atoms with Gasteiger partial charge in [0, 0.05) is 5.57 Å². The van der Waals surface area contributed by atoms with Crippen LogP contribution in [-0.2, 0) is 9.53 Å². The van der Waals surface area contributed by atoms with Crippen molar-refractivity contribution in [2.45, 2.75) is 6.92 Å². The Labute approximate surface area is 93.2 Å². The monoisotopic (exact) mass is 220 g/mol. The van der Waals surface area contributed by atoms with E-state index in [0.717, 1.165) is 0 Å². The Kier molecular flexibility index (Phi) is 3.83. The molecule has 1 rings (SSSR count). The van der Waals surface area contributed by atoms with E-state index in [1.54, 1.807) is 24.3 Å². The van der Waals surface area contributed by atoms with Gasteiger partial charge in [-0.25, -0.2) is 9.59 Å². The number of aliphatic carboxylic acids is 1. The summed E-state index contributed by atoms with van der Waals surface area (Å²) in [5, 5.41) is 8.71. The van der Waals surface area contributed by atoms with Crippen LogP contribution in [-0.4, -0.2) is 24.2 Å². The molecule has 0 heterocycles. The summed E-state index contributed by atoms with van der Waals surface area (Å²) in [5.41, 5.74) is 1.26. The van der Waals surface area contributed by atoms with Crippen molar-refractivity contribution in [2.75, 3.05) is 7.11 Å². The molecule has 1 N–H and O–H groups in total. The van der Waals surface area contributed by atoms with Gasteiger partial charge < -0.3 is 9.84 Å². The molecule has 1 aromatic rings. The quantitative estimate of drug-likeness (QED) is 0.624. The third-order valence-corrected chi connectivity index (χ3v) is 2.03. The smallest absolute Gasteiger partial charge is 0.337 e. The lowest BCUT2D eigenvalue weighted by atomic mass is 10.1. The fourth-order valence-corrected chi connectivity index (χ4v) is 1.19. The average molecular weight is 220 g/mol.